The highest BCUT2D eigenvalue weighted by Crippen LogP contribution is 2.48. The van der Waals surface area contributed by atoms with E-state index in [0.29, 0.717) is 35.1 Å². The first-order valence-corrected chi connectivity index (χ1v) is 9.20. The van der Waals surface area contributed by atoms with Gasteiger partial charge in [0.2, 0.25) is 10.0 Å². The number of pyridine rings is 1. The molecule has 1 aromatic rings. The highest BCUT2D eigenvalue weighted by atomic mass is 35.5. The lowest BCUT2D eigenvalue weighted by molar-refractivity contribution is 0.401. The molecule has 0 spiro atoms. The van der Waals surface area contributed by atoms with Crippen LogP contribution in [-0.4, -0.2) is 27.0 Å². The van der Waals surface area contributed by atoms with Crippen LogP contribution < -0.4 is 10.0 Å². The van der Waals surface area contributed by atoms with Crippen LogP contribution in [-0.2, 0) is 10.0 Å². The van der Waals surface area contributed by atoms with Crippen molar-refractivity contribution < 1.29 is 8.42 Å². The molecular formula is C14H20ClN3O2S. The van der Waals surface area contributed by atoms with Gasteiger partial charge in [-0.3, -0.25) is 0 Å². The maximum atomic E-state index is 12.3. The third-order valence-corrected chi connectivity index (χ3v) is 6.01. The van der Waals surface area contributed by atoms with E-state index >= 15 is 0 Å². The monoisotopic (exact) mass is 329 g/mol. The molecule has 0 atom stereocenters. The van der Waals surface area contributed by atoms with Gasteiger partial charge >= 0.3 is 0 Å². The van der Waals surface area contributed by atoms with Crippen molar-refractivity contribution in [2.24, 2.45) is 17.8 Å². The summed E-state index contributed by atoms with van der Waals surface area (Å²) in [6.45, 7) is 0.531. The summed E-state index contributed by atoms with van der Waals surface area (Å²) in [6, 6.07) is 1.44. The molecule has 0 amide bonds. The Labute approximate surface area is 130 Å². The van der Waals surface area contributed by atoms with Crippen LogP contribution in [0.15, 0.2) is 17.2 Å². The molecule has 1 heterocycles. The number of anilines is 1. The second-order valence-corrected chi connectivity index (χ2v) is 8.12. The molecule has 0 aliphatic heterocycles. The second-order valence-electron chi connectivity index (χ2n) is 5.94. The number of sulfonamides is 1. The molecule has 5 nitrogen and oxygen atoms in total. The molecule has 0 aromatic carbocycles. The molecule has 0 saturated heterocycles. The average Bonchev–Trinajstić information content (AvgIpc) is 3.32. The Morgan fingerprint density at radius 1 is 1.33 bits per heavy atom. The van der Waals surface area contributed by atoms with Gasteiger partial charge in [0, 0.05) is 19.8 Å². The lowest BCUT2D eigenvalue weighted by atomic mass is 9.99. The average molecular weight is 330 g/mol. The molecule has 116 valence electrons. The van der Waals surface area contributed by atoms with Gasteiger partial charge in [-0.2, -0.15) is 0 Å². The molecule has 2 saturated carbocycles. The minimum absolute atomic E-state index is 0.122. The fraction of sp³-hybridized carbons (Fsp3) is 0.643. The largest absolute Gasteiger partial charge is 0.372 e. The van der Waals surface area contributed by atoms with E-state index in [2.05, 4.69) is 15.0 Å². The fourth-order valence-electron chi connectivity index (χ4n) is 2.81. The van der Waals surface area contributed by atoms with Gasteiger partial charge in [-0.05, 0) is 49.5 Å². The van der Waals surface area contributed by atoms with Gasteiger partial charge in [0.25, 0.3) is 0 Å². The Kier molecular flexibility index (Phi) is 4.12. The van der Waals surface area contributed by atoms with Crippen molar-refractivity contribution in [2.45, 2.75) is 30.6 Å². The van der Waals surface area contributed by atoms with Gasteiger partial charge in [0.05, 0.1) is 5.02 Å². The normalized spacial score (nSPS) is 19.0. The molecule has 2 fully saturated rings. The SMILES string of the molecule is CNc1ncc(S(=O)(=O)NCC(C2CC2)C2CC2)cc1Cl. The van der Waals surface area contributed by atoms with Gasteiger partial charge in [-0.1, -0.05) is 11.6 Å². The molecule has 2 aliphatic rings. The molecule has 2 aliphatic carbocycles. The zero-order valence-corrected chi connectivity index (χ0v) is 13.5. The zero-order valence-electron chi connectivity index (χ0n) is 12.0. The van der Waals surface area contributed by atoms with Gasteiger partial charge in [0.15, 0.2) is 0 Å². The van der Waals surface area contributed by atoms with Crippen molar-refractivity contribution in [3.05, 3.63) is 17.3 Å². The molecular weight excluding hydrogens is 310 g/mol. The van der Waals surface area contributed by atoms with Crippen molar-refractivity contribution in [3.8, 4) is 0 Å². The highest BCUT2D eigenvalue weighted by molar-refractivity contribution is 7.89. The van der Waals surface area contributed by atoms with Crippen LogP contribution in [0.25, 0.3) is 0 Å². The minimum Gasteiger partial charge on any atom is -0.372 e. The smallest absolute Gasteiger partial charge is 0.242 e. The molecule has 0 bridgehead atoms. The predicted octanol–water partition coefficient (Wildman–Crippen LogP) is 2.49. The number of nitrogens with zero attached hydrogens (tertiary/aromatic N) is 1. The van der Waals surface area contributed by atoms with Crippen LogP contribution in [0.3, 0.4) is 0 Å². The van der Waals surface area contributed by atoms with Gasteiger partial charge < -0.3 is 5.32 Å². The second kappa shape index (κ2) is 5.74. The van der Waals surface area contributed by atoms with Crippen LogP contribution in [0, 0.1) is 17.8 Å². The maximum Gasteiger partial charge on any atom is 0.242 e. The summed E-state index contributed by atoms with van der Waals surface area (Å²) < 4.78 is 27.4. The summed E-state index contributed by atoms with van der Waals surface area (Å²) in [4.78, 5) is 4.14. The summed E-state index contributed by atoms with van der Waals surface area (Å²) in [7, 11) is -1.85. The number of hydrogen-bond acceptors (Lipinski definition) is 4. The highest BCUT2D eigenvalue weighted by Gasteiger charge is 2.41. The maximum absolute atomic E-state index is 12.3. The van der Waals surface area contributed by atoms with Crippen LogP contribution in [0.4, 0.5) is 5.82 Å². The van der Waals surface area contributed by atoms with Crippen LogP contribution in [0.5, 0.6) is 0 Å². The summed E-state index contributed by atoms with van der Waals surface area (Å²) in [5.41, 5.74) is 0. The van der Waals surface area contributed by atoms with Crippen molar-refractivity contribution in [3.63, 3.8) is 0 Å². The van der Waals surface area contributed by atoms with Crippen molar-refractivity contribution in [1.29, 1.82) is 0 Å². The predicted molar refractivity (Wildman–Crippen MR) is 82.9 cm³/mol. The number of aromatic nitrogens is 1. The molecule has 3 rings (SSSR count). The molecule has 21 heavy (non-hydrogen) atoms. The van der Waals surface area contributed by atoms with E-state index in [0.717, 1.165) is 0 Å². The molecule has 7 heteroatoms. The number of nitrogens with one attached hydrogen (secondary N) is 2. The minimum atomic E-state index is -3.54. The number of rotatable bonds is 7. The van der Waals surface area contributed by atoms with Crippen LogP contribution in [0.2, 0.25) is 5.02 Å². The number of hydrogen-bond donors (Lipinski definition) is 2. The summed E-state index contributed by atoms with van der Waals surface area (Å²) >= 11 is 6.00. The molecule has 0 unspecified atom stereocenters. The third-order valence-electron chi connectivity index (χ3n) is 4.33. The molecule has 0 radical (unpaired) electrons. The summed E-state index contributed by atoms with van der Waals surface area (Å²) in [5.74, 6) is 2.41. The molecule has 1 aromatic heterocycles. The Morgan fingerprint density at radius 3 is 2.43 bits per heavy atom. The number of halogens is 1. The van der Waals surface area contributed by atoms with E-state index in [9.17, 15) is 8.42 Å². The first-order valence-electron chi connectivity index (χ1n) is 7.34. The first-order chi connectivity index (χ1) is 10.0. The lowest BCUT2D eigenvalue weighted by Gasteiger charge is -2.16. The van der Waals surface area contributed by atoms with E-state index in [-0.39, 0.29) is 4.90 Å². The standard InChI is InChI=1S/C14H20ClN3O2S/c1-16-14-13(15)6-11(7-17-14)21(19,20)18-8-12(9-2-3-9)10-4-5-10/h6-7,9-10,12,18H,2-5,8H2,1H3,(H,16,17). The van der Waals surface area contributed by atoms with E-state index in [1.807, 2.05) is 0 Å². The third kappa shape index (κ3) is 3.49. The van der Waals surface area contributed by atoms with E-state index in [4.69, 9.17) is 11.6 Å². The Balaban J connectivity index is 1.69. The van der Waals surface area contributed by atoms with Gasteiger partial charge in [-0.25, -0.2) is 18.1 Å². The van der Waals surface area contributed by atoms with Gasteiger partial charge in [0.1, 0.15) is 10.7 Å². The van der Waals surface area contributed by atoms with Crippen molar-refractivity contribution in [2.75, 3.05) is 18.9 Å². The van der Waals surface area contributed by atoms with Crippen molar-refractivity contribution >= 4 is 27.4 Å². The zero-order chi connectivity index (χ0) is 15.0. The lowest BCUT2D eigenvalue weighted by Crippen LogP contribution is -2.31. The van der Waals surface area contributed by atoms with Crippen molar-refractivity contribution in [1.82, 2.24) is 9.71 Å². The first kappa shape index (κ1) is 15.1. The Hall–Kier alpha value is -0.850. The summed E-state index contributed by atoms with van der Waals surface area (Å²) in [6.07, 6.45) is 6.31. The van der Waals surface area contributed by atoms with E-state index in [1.165, 1.54) is 37.9 Å². The van der Waals surface area contributed by atoms with E-state index < -0.39 is 10.0 Å². The topological polar surface area (TPSA) is 71.1 Å². The molecule has 2 N–H and O–H groups in total. The van der Waals surface area contributed by atoms with E-state index in [1.54, 1.807) is 7.05 Å². The fourth-order valence-corrected chi connectivity index (χ4v) is 4.18. The quantitative estimate of drug-likeness (QED) is 0.806. The Morgan fingerprint density at radius 2 is 1.95 bits per heavy atom. The Bertz CT molecular complexity index is 615. The summed E-state index contributed by atoms with van der Waals surface area (Å²) in [5, 5.41) is 3.12. The van der Waals surface area contributed by atoms with Crippen LogP contribution in [0.1, 0.15) is 25.7 Å². The van der Waals surface area contributed by atoms with Crippen LogP contribution >= 0.6 is 11.6 Å². The van der Waals surface area contributed by atoms with Gasteiger partial charge in [-0.15, -0.1) is 0 Å².